The standard InChI is InChI=1S/C24H30O3/c1-15-9-17(3)23(19(11-15)5-7-21-13-25-21)27-24-18(4)10-16(2)12-20(24)6-8-22-14-26-22/h9-12,21-22H,5-8,13-14H2,1-4H3. The zero-order chi connectivity index (χ0) is 19.0. The molecule has 144 valence electrons. The molecule has 0 bridgehead atoms. The number of rotatable bonds is 8. The molecule has 27 heavy (non-hydrogen) atoms. The van der Waals surface area contributed by atoms with Gasteiger partial charge in [-0.1, -0.05) is 35.4 Å². The molecule has 0 spiro atoms. The topological polar surface area (TPSA) is 34.3 Å². The Morgan fingerprint density at radius 2 is 1.15 bits per heavy atom. The van der Waals surface area contributed by atoms with Crippen molar-refractivity contribution < 1.29 is 14.2 Å². The van der Waals surface area contributed by atoms with Crippen LogP contribution in [0.15, 0.2) is 24.3 Å². The third kappa shape index (κ3) is 4.72. The molecule has 2 aliphatic rings. The molecule has 4 rings (SSSR count). The molecular weight excluding hydrogens is 336 g/mol. The molecule has 0 N–H and O–H groups in total. The van der Waals surface area contributed by atoms with Gasteiger partial charge in [-0.15, -0.1) is 0 Å². The summed E-state index contributed by atoms with van der Waals surface area (Å²) in [6.07, 6.45) is 5.01. The molecule has 0 saturated carbocycles. The highest BCUT2D eigenvalue weighted by molar-refractivity contribution is 5.51. The smallest absolute Gasteiger partial charge is 0.133 e. The normalized spacial score (nSPS) is 20.6. The molecule has 0 amide bonds. The Balaban J connectivity index is 1.64. The van der Waals surface area contributed by atoms with Crippen molar-refractivity contribution in [2.45, 2.75) is 65.6 Å². The molecule has 3 heteroatoms. The summed E-state index contributed by atoms with van der Waals surface area (Å²) >= 11 is 0. The Hall–Kier alpha value is -1.84. The average molecular weight is 367 g/mol. The lowest BCUT2D eigenvalue weighted by Crippen LogP contribution is -2.03. The van der Waals surface area contributed by atoms with Gasteiger partial charge in [0.2, 0.25) is 0 Å². The first-order valence-corrected chi connectivity index (χ1v) is 10.1. The van der Waals surface area contributed by atoms with Gasteiger partial charge in [-0.2, -0.15) is 0 Å². The van der Waals surface area contributed by atoms with Gasteiger partial charge in [-0.05, 0) is 75.6 Å². The van der Waals surface area contributed by atoms with Crippen LogP contribution in [0.25, 0.3) is 0 Å². The third-order valence-corrected chi connectivity index (χ3v) is 5.47. The van der Waals surface area contributed by atoms with E-state index in [2.05, 4.69) is 52.0 Å². The quantitative estimate of drug-likeness (QED) is 0.589. The molecular formula is C24H30O3. The molecule has 0 aromatic heterocycles. The molecule has 0 radical (unpaired) electrons. The lowest BCUT2D eigenvalue weighted by atomic mass is 9.99. The predicted octanol–water partition coefficient (Wildman–Crippen LogP) is 5.38. The molecule has 2 saturated heterocycles. The minimum absolute atomic E-state index is 0.439. The number of ether oxygens (including phenoxy) is 3. The summed E-state index contributed by atoms with van der Waals surface area (Å²) in [5, 5.41) is 0. The van der Waals surface area contributed by atoms with Crippen molar-refractivity contribution in [1.82, 2.24) is 0 Å². The highest BCUT2D eigenvalue weighted by Gasteiger charge is 2.24. The van der Waals surface area contributed by atoms with Crippen molar-refractivity contribution in [3.8, 4) is 11.5 Å². The fourth-order valence-electron chi connectivity index (χ4n) is 3.95. The Labute approximate surface area is 162 Å². The molecule has 2 fully saturated rings. The second kappa shape index (κ2) is 7.65. The van der Waals surface area contributed by atoms with Crippen LogP contribution < -0.4 is 4.74 Å². The SMILES string of the molecule is Cc1cc(C)c(Oc2c(C)cc(C)cc2CCC2CO2)c(CCC2CO2)c1. The molecule has 2 unspecified atom stereocenters. The fraction of sp³-hybridized carbons (Fsp3) is 0.500. The zero-order valence-electron chi connectivity index (χ0n) is 16.9. The summed E-state index contributed by atoms with van der Waals surface area (Å²) in [5.74, 6) is 2.05. The van der Waals surface area contributed by atoms with Gasteiger partial charge in [-0.3, -0.25) is 0 Å². The van der Waals surface area contributed by atoms with Crippen molar-refractivity contribution >= 4 is 0 Å². The first-order valence-electron chi connectivity index (χ1n) is 10.1. The summed E-state index contributed by atoms with van der Waals surface area (Å²) < 4.78 is 17.5. The van der Waals surface area contributed by atoms with Crippen molar-refractivity contribution in [3.05, 3.63) is 57.6 Å². The van der Waals surface area contributed by atoms with Gasteiger partial charge in [0.25, 0.3) is 0 Å². The lowest BCUT2D eigenvalue weighted by Gasteiger charge is -2.19. The number of benzene rings is 2. The van der Waals surface area contributed by atoms with E-state index >= 15 is 0 Å². The summed E-state index contributed by atoms with van der Waals surface area (Å²) in [5.41, 5.74) is 7.58. The number of aryl methyl sites for hydroxylation is 6. The first-order chi connectivity index (χ1) is 13.0. The molecule has 0 aliphatic carbocycles. The van der Waals surface area contributed by atoms with Crippen molar-refractivity contribution in [2.24, 2.45) is 0 Å². The van der Waals surface area contributed by atoms with Crippen LogP contribution in [-0.2, 0) is 22.3 Å². The fourth-order valence-corrected chi connectivity index (χ4v) is 3.95. The van der Waals surface area contributed by atoms with E-state index in [-0.39, 0.29) is 0 Å². The van der Waals surface area contributed by atoms with Gasteiger partial charge in [0.1, 0.15) is 11.5 Å². The Morgan fingerprint density at radius 3 is 1.52 bits per heavy atom. The van der Waals surface area contributed by atoms with Crippen LogP contribution in [-0.4, -0.2) is 25.4 Å². The van der Waals surface area contributed by atoms with Gasteiger partial charge in [0.05, 0.1) is 25.4 Å². The van der Waals surface area contributed by atoms with Gasteiger partial charge in [0, 0.05) is 0 Å². The van der Waals surface area contributed by atoms with Gasteiger partial charge in [-0.25, -0.2) is 0 Å². The second-order valence-corrected chi connectivity index (χ2v) is 8.23. The van der Waals surface area contributed by atoms with Crippen LogP contribution in [0.4, 0.5) is 0 Å². The molecule has 2 aromatic rings. The van der Waals surface area contributed by atoms with Crippen molar-refractivity contribution in [3.63, 3.8) is 0 Å². The van der Waals surface area contributed by atoms with E-state index in [0.29, 0.717) is 12.2 Å². The Bertz CT molecular complexity index is 763. The predicted molar refractivity (Wildman–Crippen MR) is 108 cm³/mol. The van der Waals surface area contributed by atoms with E-state index in [1.165, 1.54) is 33.4 Å². The molecule has 3 nitrogen and oxygen atoms in total. The number of hydrogen-bond acceptors (Lipinski definition) is 3. The van der Waals surface area contributed by atoms with Crippen molar-refractivity contribution in [1.29, 1.82) is 0 Å². The second-order valence-electron chi connectivity index (χ2n) is 8.23. The number of hydrogen-bond donors (Lipinski definition) is 0. The summed E-state index contributed by atoms with van der Waals surface area (Å²) in [7, 11) is 0. The third-order valence-electron chi connectivity index (χ3n) is 5.47. The van der Waals surface area contributed by atoms with Gasteiger partial charge < -0.3 is 14.2 Å². The highest BCUT2D eigenvalue weighted by Crippen LogP contribution is 2.37. The van der Waals surface area contributed by atoms with Gasteiger partial charge in [0.15, 0.2) is 0 Å². The molecule has 2 aliphatic heterocycles. The van der Waals surface area contributed by atoms with E-state index < -0.39 is 0 Å². The summed E-state index contributed by atoms with van der Waals surface area (Å²) in [4.78, 5) is 0. The first kappa shape index (κ1) is 18.5. The summed E-state index contributed by atoms with van der Waals surface area (Å²) in [6.45, 7) is 10.4. The van der Waals surface area contributed by atoms with E-state index in [1.807, 2.05) is 0 Å². The van der Waals surface area contributed by atoms with Crippen LogP contribution in [0.5, 0.6) is 11.5 Å². The Morgan fingerprint density at radius 1 is 0.741 bits per heavy atom. The number of epoxide rings is 2. The largest absolute Gasteiger partial charge is 0.456 e. The van der Waals surface area contributed by atoms with E-state index in [4.69, 9.17) is 14.2 Å². The van der Waals surface area contributed by atoms with E-state index in [9.17, 15) is 0 Å². The lowest BCUT2D eigenvalue weighted by molar-refractivity contribution is 0.393. The minimum atomic E-state index is 0.439. The van der Waals surface area contributed by atoms with Crippen LogP contribution in [0.1, 0.15) is 46.2 Å². The van der Waals surface area contributed by atoms with Crippen LogP contribution in [0.2, 0.25) is 0 Å². The maximum atomic E-state index is 6.64. The highest BCUT2D eigenvalue weighted by atomic mass is 16.6. The maximum Gasteiger partial charge on any atom is 0.133 e. The van der Waals surface area contributed by atoms with E-state index in [1.54, 1.807) is 0 Å². The Kier molecular flexibility index (Phi) is 5.25. The monoisotopic (exact) mass is 366 g/mol. The van der Waals surface area contributed by atoms with Crippen LogP contribution in [0.3, 0.4) is 0 Å². The maximum absolute atomic E-state index is 6.64. The zero-order valence-corrected chi connectivity index (χ0v) is 16.9. The molecule has 2 aromatic carbocycles. The minimum Gasteiger partial charge on any atom is -0.456 e. The molecule has 2 atom stereocenters. The van der Waals surface area contributed by atoms with Gasteiger partial charge >= 0.3 is 0 Å². The van der Waals surface area contributed by atoms with Crippen LogP contribution in [0, 0.1) is 27.7 Å². The summed E-state index contributed by atoms with van der Waals surface area (Å²) in [6, 6.07) is 8.97. The van der Waals surface area contributed by atoms with Crippen LogP contribution >= 0.6 is 0 Å². The van der Waals surface area contributed by atoms with E-state index in [0.717, 1.165) is 50.4 Å². The average Bonchev–Trinajstić information content (AvgIpc) is 3.50. The molecule has 2 heterocycles. The van der Waals surface area contributed by atoms with Crippen molar-refractivity contribution in [2.75, 3.05) is 13.2 Å².